The Morgan fingerprint density at radius 3 is 3.20 bits per heavy atom. The van der Waals surface area contributed by atoms with Crippen LogP contribution in [0.1, 0.15) is 17.7 Å². The molecule has 0 spiro atoms. The molecule has 3 aromatic rings. The fourth-order valence-corrected chi connectivity index (χ4v) is 3.60. The molecule has 4 nitrogen and oxygen atoms in total. The van der Waals surface area contributed by atoms with E-state index in [1.165, 1.54) is 17.7 Å². The molecule has 5 heteroatoms. The summed E-state index contributed by atoms with van der Waals surface area (Å²) < 4.78 is 2.09. The lowest BCUT2D eigenvalue weighted by Crippen LogP contribution is -2.29. The number of hydrogen-bond donors (Lipinski definition) is 1. The molecule has 1 aliphatic heterocycles. The van der Waals surface area contributed by atoms with Gasteiger partial charge in [-0.25, -0.2) is 4.98 Å². The van der Waals surface area contributed by atoms with Gasteiger partial charge in [-0.2, -0.15) is 0 Å². The zero-order valence-electron chi connectivity index (χ0n) is 11.1. The number of hydrogen-bond acceptors (Lipinski definition) is 4. The van der Waals surface area contributed by atoms with E-state index in [-0.39, 0.29) is 0 Å². The Morgan fingerprint density at radius 2 is 2.30 bits per heavy atom. The average Bonchev–Trinajstić information content (AvgIpc) is 3.00. The molecule has 0 atom stereocenters. The van der Waals surface area contributed by atoms with Gasteiger partial charge in [0.1, 0.15) is 0 Å². The Hall–Kier alpha value is -2.01. The Balaban J connectivity index is 1.66. The minimum absolute atomic E-state index is 0.835. The molecular weight excluding hydrogens is 268 g/mol. The maximum Gasteiger partial charge on any atom is 0.193 e. The smallest absolute Gasteiger partial charge is 0.193 e. The lowest BCUT2D eigenvalue weighted by atomic mass is 10.0. The first-order valence-corrected chi connectivity index (χ1v) is 7.72. The van der Waals surface area contributed by atoms with E-state index < -0.39 is 0 Å². The van der Waals surface area contributed by atoms with Gasteiger partial charge in [0.15, 0.2) is 4.96 Å². The molecule has 0 aliphatic carbocycles. The molecule has 0 saturated heterocycles. The van der Waals surface area contributed by atoms with Crippen LogP contribution in [0.25, 0.3) is 4.96 Å². The monoisotopic (exact) mass is 284 g/mol. The van der Waals surface area contributed by atoms with Crippen LogP contribution in [0, 0.1) is 0 Å². The highest BCUT2D eigenvalue weighted by atomic mass is 32.1. The van der Waals surface area contributed by atoms with Crippen molar-refractivity contribution in [2.24, 2.45) is 0 Å². The predicted octanol–water partition coefficient (Wildman–Crippen LogP) is 2.93. The number of imidazole rings is 1. The van der Waals surface area contributed by atoms with Crippen LogP contribution < -0.4 is 10.6 Å². The molecule has 2 aromatic heterocycles. The minimum atomic E-state index is 0.835. The van der Waals surface area contributed by atoms with Crippen LogP contribution in [0.15, 0.2) is 36.0 Å². The van der Waals surface area contributed by atoms with Gasteiger partial charge in [-0.3, -0.25) is 4.40 Å². The number of nitrogen functional groups attached to an aromatic ring is 1. The zero-order valence-corrected chi connectivity index (χ0v) is 11.9. The number of aryl methyl sites for hydroxylation is 1. The quantitative estimate of drug-likeness (QED) is 0.736. The Bertz CT molecular complexity index is 730. The van der Waals surface area contributed by atoms with Crippen molar-refractivity contribution in [3.63, 3.8) is 0 Å². The summed E-state index contributed by atoms with van der Waals surface area (Å²) in [5.74, 6) is 0. The van der Waals surface area contributed by atoms with Crippen molar-refractivity contribution in [2.45, 2.75) is 19.4 Å². The SMILES string of the molecule is Nc1ccc2c(c1)N(Cc1cn3ccsc3n1)CCC2. The van der Waals surface area contributed by atoms with E-state index in [0.717, 1.165) is 35.9 Å². The number of aromatic nitrogens is 2. The zero-order chi connectivity index (χ0) is 13.5. The van der Waals surface area contributed by atoms with E-state index in [2.05, 4.69) is 44.2 Å². The molecule has 0 bridgehead atoms. The van der Waals surface area contributed by atoms with Crippen LogP contribution >= 0.6 is 11.3 Å². The van der Waals surface area contributed by atoms with E-state index in [0.29, 0.717) is 0 Å². The Kier molecular flexibility index (Phi) is 2.67. The molecule has 0 amide bonds. The highest BCUT2D eigenvalue weighted by Crippen LogP contribution is 2.30. The lowest BCUT2D eigenvalue weighted by molar-refractivity contribution is 0.686. The van der Waals surface area contributed by atoms with Gasteiger partial charge < -0.3 is 10.6 Å². The second-order valence-corrected chi connectivity index (χ2v) is 6.11. The van der Waals surface area contributed by atoms with Gasteiger partial charge in [0.25, 0.3) is 0 Å². The summed E-state index contributed by atoms with van der Waals surface area (Å²) in [6.07, 6.45) is 6.51. The summed E-state index contributed by atoms with van der Waals surface area (Å²) in [4.78, 5) is 8.12. The highest BCUT2D eigenvalue weighted by molar-refractivity contribution is 7.15. The lowest BCUT2D eigenvalue weighted by Gasteiger charge is -2.31. The molecule has 102 valence electrons. The number of fused-ring (bicyclic) bond motifs is 2. The third kappa shape index (κ3) is 1.94. The second-order valence-electron chi connectivity index (χ2n) is 5.24. The summed E-state index contributed by atoms with van der Waals surface area (Å²) in [5.41, 5.74) is 10.6. The first-order chi connectivity index (χ1) is 9.79. The molecule has 2 N–H and O–H groups in total. The van der Waals surface area contributed by atoms with Crippen molar-refractivity contribution in [1.82, 2.24) is 9.38 Å². The fourth-order valence-electron chi connectivity index (χ4n) is 2.88. The first-order valence-electron chi connectivity index (χ1n) is 6.84. The maximum absolute atomic E-state index is 5.94. The Labute approximate surface area is 121 Å². The molecule has 20 heavy (non-hydrogen) atoms. The van der Waals surface area contributed by atoms with Gasteiger partial charge in [0.2, 0.25) is 0 Å². The van der Waals surface area contributed by atoms with Gasteiger partial charge in [0.05, 0.1) is 12.2 Å². The van der Waals surface area contributed by atoms with Gasteiger partial charge in [-0.15, -0.1) is 11.3 Å². The van der Waals surface area contributed by atoms with Crippen molar-refractivity contribution < 1.29 is 0 Å². The van der Waals surface area contributed by atoms with Crippen LogP contribution in [-0.4, -0.2) is 15.9 Å². The van der Waals surface area contributed by atoms with Gasteiger partial charge in [-0.05, 0) is 30.5 Å². The topological polar surface area (TPSA) is 46.6 Å². The number of nitrogens with zero attached hydrogens (tertiary/aromatic N) is 3. The van der Waals surface area contributed by atoms with E-state index in [4.69, 9.17) is 5.73 Å². The summed E-state index contributed by atoms with van der Waals surface area (Å²) in [6, 6.07) is 6.24. The van der Waals surface area contributed by atoms with E-state index in [9.17, 15) is 0 Å². The predicted molar refractivity (Wildman–Crippen MR) is 83.3 cm³/mol. The summed E-state index contributed by atoms with van der Waals surface area (Å²) in [5, 5.41) is 2.06. The molecule has 0 fully saturated rings. The normalized spacial score (nSPS) is 14.7. The average molecular weight is 284 g/mol. The molecule has 4 rings (SSSR count). The van der Waals surface area contributed by atoms with Gasteiger partial charge >= 0.3 is 0 Å². The van der Waals surface area contributed by atoms with Crippen LogP contribution in [0.4, 0.5) is 11.4 Å². The van der Waals surface area contributed by atoms with E-state index in [1.807, 2.05) is 6.07 Å². The number of nitrogens with two attached hydrogens (primary N) is 1. The van der Waals surface area contributed by atoms with Gasteiger partial charge in [-0.1, -0.05) is 6.07 Å². The third-order valence-corrected chi connectivity index (χ3v) is 4.59. The summed E-state index contributed by atoms with van der Waals surface area (Å²) in [7, 11) is 0. The van der Waals surface area contributed by atoms with Crippen LogP contribution in [0.3, 0.4) is 0 Å². The van der Waals surface area contributed by atoms with Crippen LogP contribution in [0.2, 0.25) is 0 Å². The van der Waals surface area contributed by atoms with Crippen molar-refractivity contribution >= 4 is 27.7 Å². The van der Waals surface area contributed by atoms with Crippen molar-refractivity contribution in [3.05, 3.63) is 47.2 Å². The maximum atomic E-state index is 5.94. The number of benzene rings is 1. The van der Waals surface area contributed by atoms with Crippen molar-refractivity contribution in [3.8, 4) is 0 Å². The van der Waals surface area contributed by atoms with Crippen molar-refractivity contribution in [1.29, 1.82) is 0 Å². The van der Waals surface area contributed by atoms with E-state index in [1.54, 1.807) is 11.3 Å². The first kappa shape index (κ1) is 11.8. The summed E-state index contributed by atoms with van der Waals surface area (Å²) >= 11 is 1.67. The number of rotatable bonds is 2. The van der Waals surface area contributed by atoms with Gasteiger partial charge in [0, 0.05) is 35.7 Å². The highest BCUT2D eigenvalue weighted by Gasteiger charge is 2.18. The second kappa shape index (κ2) is 4.52. The van der Waals surface area contributed by atoms with Crippen LogP contribution in [-0.2, 0) is 13.0 Å². The van der Waals surface area contributed by atoms with E-state index >= 15 is 0 Å². The number of thiazole rings is 1. The molecule has 0 saturated carbocycles. The molecule has 1 aliphatic rings. The summed E-state index contributed by atoms with van der Waals surface area (Å²) in [6.45, 7) is 1.92. The number of anilines is 2. The molecule has 0 radical (unpaired) electrons. The minimum Gasteiger partial charge on any atom is -0.399 e. The third-order valence-electron chi connectivity index (χ3n) is 3.82. The standard InChI is InChI=1S/C15H16N4S/c16-12-4-3-11-2-1-5-18(14(11)8-12)9-13-10-19-6-7-20-15(19)17-13/h3-4,6-8,10H,1-2,5,9,16H2. The van der Waals surface area contributed by atoms with Crippen LogP contribution in [0.5, 0.6) is 0 Å². The largest absolute Gasteiger partial charge is 0.399 e. The molecular formula is C15H16N4S. The molecule has 1 aromatic carbocycles. The molecule has 3 heterocycles. The van der Waals surface area contributed by atoms with Crippen molar-refractivity contribution in [2.75, 3.05) is 17.2 Å². The Morgan fingerprint density at radius 1 is 1.35 bits per heavy atom. The fraction of sp³-hybridized carbons (Fsp3) is 0.267. The molecule has 0 unspecified atom stereocenters.